The summed E-state index contributed by atoms with van der Waals surface area (Å²) in [6.45, 7) is 5.25. The normalized spacial score (nSPS) is 10.4. The molecule has 1 rings (SSSR count). The Morgan fingerprint density at radius 3 is 2.75 bits per heavy atom. The molecule has 1 aromatic rings. The van der Waals surface area contributed by atoms with Gasteiger partial charge in [0.05, 0.1) is 0 Å². The molecule has 0 heterocycles. The first-order valence-electron chi connectivity index (χ1n) is 5.29. The lowest BCUT2D eigenvalue weighted by Gasteiger charge is -2.11. The van der Waals surface area contributed by atoms with E-state index in [4.69, 9.17) is 9.84 Å². The molecular formula is C12H17NO3. The van der Waals surface area contributed by atoms with Crippen molar-refractivity contribution in [1.29, 1.82) is 0 Å². The van der Waals surface area contributed by atoms with E-state index in [1.165, 1.54) is 6.07 Å². The number of hydrogen-bond donors (Lipinski definition) is 2. The zero-order chi connectivity index (χ0) is 12.0. The second kappa shape index (κ2) is 6.12. The van der Waals surface area contributed by atoms with E-state index < -0.39 is 5.97 Å². The summed E-state index contributed by atoms with van der Waals surface area (Å²) in [5, 5.41) is 12.1. The molecule has 0 unspecified atom stereocenters. The number of benzene rings is 1. The monoisotopic (exact) mass is 223 g/mol. The molecule has 0 fully saturated rings. The molecule has 0 amide bonds. The van der Waals surface area contributed by atoms with Gasteiger partial charge in [-0.2, -0.15) is 0 Å². The van der Waals surface area contributed by atoms with Gasteiger partial charge < -0.3 is 15.2 Å². The highest BCUT2D eigenvalue weighted by Gasteiger charge is 2.09. The Bertz CT molecular complexity index is 350. The Labute approximate surface area is 95.2 Å². The van der Waals surface area contributed by atoms with Crippen molar-refractivity contribution in [3.8, 4) is 5.75 Å². The molecule has 0 aliphatic carbocycles. The first-order chi connectivity index (χ1) is 7.61. The highest BCUT2D eigenvalue weighted by molar-refractivity contribution is 5.90. The van der Waals surface area contributed by atoms with E-state index in [0.29, 0.717) is 24.9 Å². The number of nitrogens with one attached hydrogen (secondary N) is 1. The van der Waals surface area contributed by atoms with Crippen molar-refractivity contribution < 1.29 is 14.6 Å². The lowest BCUT2D eigenvalue weighted by molar-refractivity contribution is 0.0692. The van der Waals surface area contributed by atoms with Crippen LogP contribution in [-0.2, 0) is 0 Å². The van der Waals surface area contributed by atoms with Gasteiger partial charge in [-0.05, 0) is 12.1 Å². The molecule has 4 nitrogen and oxygen atoms in total. The molecule has 88 valence electrons. The molecule has 0 saturated carbocycles. The number of rotatable bonds is 6. The van der Waals surface area contributed by atoms with Crippen molar-refractivity contribution >= 4 is 5.97 Å². The van der Waals surface area contributed by atoms with Crippen LogP contribution in [0.3, 0.4) is 0 Å². The van der Waals surface area contributed by atoms with Crippen LogP contribution in [0.25, 0.3) is 0 Å². The molecule has 0 bridgehead atoms. The Morgan fingerprint density at radius 1 is 1.44 bits per heavy atom. The lowest BCUT2D eigenvalue weighted by atomic mass is 10.2. The number of carboxylic acids is 1. The van der Waals surface area contributed by atoms with E-state index in [1.807, 2.05) is 13.8 Å². The number of para-hydroxylation sites is 1. The zero-order valence-electron chi connectivity index (χ0n) is 9.56. The van der Waals surface area contributed by atoms with Crippen molar-refractivity contribution in [2.75, 3.05) is 13.2 Å². The van der Waals surface area contributed by atoms with Gasteiger partial charge in [-0.15, -0.1) is 0 Å². The van der Waals surface area contributed by atoms with Gasteiger partial charge in [0, 0.05) is 12.6 Å². The fraction of sp³-hybridized carbons (Fsp3) is 0.417. The molecule has 2 N–H and O–H groups in total. The fourth-order valence-corrected chi connectivity index (χ4v) is 1.28. The molecule has 0 aromatic heterocycles. The largest absolute Gasteiger partial charge is 0.491 e. The minimum atomic E-state index is -0.965. The molecule has 1 aromatic carbocycles. The molecule has 0 aliphatic rings. The number of aromatic carboxylic acids is 1. The summed E-state index contributed by atoms with van der Waals surface area (Å²) in [7, 11) is 0. The van der Waals surface area contributed by atoms with Crippen LogP contribution in [0.5, 0.6) is 5.75 Å². The van der Waals surface area contributed by atoms with Crippen molar-refractivity contribution in [2.24, 2.45) is 0 Å². The molecule has 0 aliphatic heterocycles. The summed E-state index contributed by atoms with van der Waals surface area (Å²) in [6, 6.07) is 7.05. The number of ether oxygens (including phenoxy) is 1. The van der Waals surface area contributed by atoms with E-state index in [9.17, 15) is 4.79 Å². The van der Waals surface area contributed by atoms with Crippen LogP contribution in [0.2, 0.25) is 0 Å². The average molecular weight is 223 g/mol. The minimum absolute atomic E-state index is 0.201. The predicted octanol–water partition coefficient (Wildman–Crippen LogP) is 1.76. The van der Waals surface area contributed by atoms with E-state index in [-0.39, 0.29) is 5.56 Å². The molecule has 16 heavy (non-hydrogen) atoms. The highest BCUT2D eigenvalue weighted by atomic mass is 16.5. The standard InChI is InChI=1S/C12H17NO3/c1-9(2)13-7-8-16-11-6-4-3-5-10(11)12(14)15/h3-6,9,13H,7-8H2,1-2H3,(H,14,15). The van der Waals surface area contributed by atoms with Crippen molar-refractivity contribution in [1.82, 2.24) is 5.32 Å². The van der Waals surface area contributed by atoms with E-state index in [1.54, 1.807) is 18.2 Å². The van der Waals surface area contributed by atoms with Crippen LogP contribution >= 0.6 is 0 Å². The Kier molecular flexibility index (Phi) is 4.79. The smallest absolute Gasteiger partial charge is 0.339 e. The summed E-state index contributed by atoms with van der Waals surface area (Å²) < 4.78 is 5.41. The number of carbonyl (C=O) groups is 1. The molecular weight excluding hydrogens is 206 g/mol. The first-order valence-corrected chi connectivity index (χ1v) is 5.29. The summed E-state index contributed by atoms with van der Waals surface area (Å²) in [5.41, 5.74) is 0.201. The van der Waals surface area contributed by atoms with Crippen molar-refractivity contribution in [3.63, 3.8) is 0 Å². The summed E-state index contributed by atoms with van der Waals surface area (Å²) in [4.78, 5) is 10.9. The third-order valence-corrected chi connectivity index (χ3v) is 2.03. The Balaban J connectivity index is 2.50. The maximum Gasteiger partial charge on any atom is 0.339 e. The van der Waals surface area contributed by atoms with Gasteiger partial charge in [0.2, 0.25) is 0 Å². The molecule has 0 saturated heterocycles. The number of hydrogen-bond acceptors (Lipinski definition) is 3. The van der Waals surface area contributed by atoms with Crippen LogP contribution in [0.15, 0.2) is 24.3 Å². The van der Waals surface area contributed by atoms with Crippen LogP contribution in [-0.4, -0.2) is 30.3 Å². The third kappa shape index (κ3) is 3.90. The second-order valence-electron chi connectivity index (χ2n) is 3.76. The van der Waals surface area contributed by atoms with Crippen molar-refractivity contribution in [2.45, 2.75) is 19.9 Å². The van der Waals surface area contributed by atoms with Gasteiger partial charge in [0.1, 0.15) is 17.9 Å². The predicted molar refractivity (Wildman–Crippen MR) is 62.0 cm³/mol. The van der Waals surface area contributed by atoms with Gasteiger partial charge in [0.15, 0.2) is 0 Å². The van der Waals surface area contributed by atoms with E-state index in [2.05, 4.69) is 5.32 Å². The van der Waals surface area contributed by atoms with Gasteiger partial charge in [-0.3, -0.25) is 0 Å². The fourth-order valence-electron chi connectivity index (χ4n) is 1.28. The minimum Gasteiger partial charge on any atom is -0.491 e. The summed E-state index contributed by atoms with van der Waals surface area (Å²) >= 11 is 0. The van der Waals surface area contributed by atoms with E-state index >= 15 is 0 Å². The van der Waals surface area contributed by atoms with Gasteiger partial charge in [-0.25, -0.2) is 4.79 Å². The molecule has 0 atom stereocenters. The quantitative estimate of drug-likeness (QED) is 0.721. The van der Waals surface area contributed by atoms with Crippen LogP contribution in [0, 0.1) is 0 Å². The highest BCUT2D eigenvalue weighted by Crippen LogP contribution is 2.17. The number of carboxylic acid groups (broad SMARTS) is 1. The third-order valence-electron chi connectivity index (χ3n) is 2.03. The zero-order valence-corrected chi connectivity index (χ0v) is 9.56. The second-order valence-corrected chi connectivity index (χ2v) is 3.76. The Hall–Kier alpha value is -1.55. The lowest BCUT2D eigenvalue weighted by Crippen LogP contribution is -2.27. The summed E-state index contributed by atoms with van der Waals surface area (Å²) in [6.07, 6.45) is 0. The Morgan fingerprint density at radius 2 is 2.12 bits per heavy atom. The maximum absolute atomic E-state index is 10.9. The van der Waals surface area contributed by atoms with Gasteiger partial charge in [-0.1, -0.05) is 26.0 Å². The SMILES string of the molecule is CC(C)NCCOc1ccccc1C(=O)O. The topological polar surface area (TPSA) is 58.6 Å². The van der Waals surface area contributed by atoms with Crippen LogP contribution in [0.1, 0.15) is 24.2 Å². The van der Waals surface area contributed by atoms with Crippen LogP contribution < -0.4 is 10.1 Å². The maximum atomic E-state index is 10.9. The first kappa shape index (κ1) is 12.5. The van der Waals surface area contributed by atoms with E-state index in [0.717, 1.165) is 0 Å². The average Bonchev–Trinajstić information content (AvgIpc) is 2.24. The molecule has 4 heteroatoms. The van der Waals surface area contributed by atoms with Crippen molar-refractivity contribution in [3.05, 3.63) is 29.8 Å². The van der Waals surface area contributed by atoms with Crippen LogP contribution in [0.4, 0.5) is 0 Å². The van der Waals surface area contributed by atoms with Gasteiger partial charge in [0.25, 0.3) is 0 Å². The van der Waals surface area contributed by atoms with Gasteiger partial charge >= 0.3 is 5.97 Å². The molecule has 0 spiro atoms. The molecule has 0 radical (unpaired) electrons. The summed E-state index contributed by atoms with van der Waals surface area (Å²) in [5.74, 6) is -0.548.